The fraction of sp³-hybridized carbons (Fsp3) is 0.429. The number of hydrogen-bond acceptors (Lipinski definition) is 5. The lowest BCUT2D eigenvalue weighted by molar-refractivity contribution is 0.132. The van der Waals surface area contributed by atoms with Crippen molar-refractivity contribution in [2.45, 2.75) is 36.6 Å². The molecule has 4 rings (SSSR count). The SMILES string of the molecule is CS(=O)(=O)c1ccc2c(c1)CCN2Cc1ccc(C2CCN(C(=O)O)CC2)cn1. The first kappa shape index (κ1) is 19.7. The lowest BCUT2D eigenvalue weighted by atomic mass is 9.90. The Morgan fingerprint density at radius 2 is 1.93 bits per heavy atom. The van der Waals surface area contributed by atoms with Crippen molar-refractivity contribution in [3.05, 3.63) is 53.3 Å². The van der Waals surface area contributed by atoms with E-state index >= 15 is 0 Å². The second-order valence-electron chi connectivity index (χ2n) is 7.86. The Labute approximate surface area is 170 Å². The fourth-order valence-electron chi connectivity index (χ4n) is 4.21. The fourth-order valence-corrected chi connectivity index (χ4v) is 4.88. The number of amides is 1. The molecule has 0 atom stereocenters. The highest BCUT2D eigenvalue weighted by Crippen LogP contribution is 2.32. The molecule has 0 spiro atoms. The summed E-state index contributed by atoms with van der Waals surface area (Å²) in [5, 5.41) is 9.07. The lowest BCUT2D eigenvalue weighted by Crippen LogP contribution is -2.36. The molecule has 1 amide bonds. The standard InChI is InChI=1S/C21H25N3O4S/c1-29(27,28)19-4-5-20-16(12-19)8-11-24(20)14-18-3-2-17(13-22-18)15-6-9-23(10-7-15)21(25)26/h2-5,12-13,15H,6-11,14H2,1H3,(H,25,26). The number of anilines is 1. The molecule has 154 valence electrons. The molecule has 0 aliphatic carbocycles. The monoisotopic (exact) mass is 415 g/mol. The first-order valence-electron chi connectivity index (χ1n) is 9.82. The van der Waals surface area contributed by atoms with Crippen LogP contribution in [0.1, 0.15) is 35.6 Å². The van der Waals surface area contributed by atoms with Crippen LogP contribution >= 0.6 is 0 Å². The van der Waals surface area contributed by atoms with Gasteiger partial charge in [0.2, 0.25) is 0 Å². The molecule has 0 saturated carbocycles. The van der Waals surface area contributed by atoms with Gasteiger partial charge in [-0.05, 0) is 60.6 Å². The summed E-state index contributed by atoms with van der Waals surface area (Å²) >= 11 is 0. The van der Waals surface area contributed by atoms with Gasteiger partial charge < -0.3 is 14.9 Å². The van der Waals surface area contributed by atoms with Crippen LogP contribution in [-0.2, 0) is 22.8 Å². The highest BCUT2D eigenvalue weighted by Gasteiger charge is 2.24. The molecule has 1 N–H and O–H groups in total. The zero-order valence-corrected chi connectivity index (χ0v) is 17.2. The van der Waals surface area contributed by atoms with Crippen molar-refractivity contribution in [2.75, 3.05) is 30.8 Å². The Kier molecular flexibility index (Phi) is 5.21. The Hall–Kier alpha value is -2.61. The van der Waals surface area contributed by atoms with E-state index in [0.29, 0.717) is 30.4 Å². The van der Waals surface area contributed by atoms with Gasteiger partial charge in [0.15, 0.2) is 9.84 Å². The van der Waals surface area contributed by atoms with Crippen LogP contribution in [0.15, 0.2) is 41.4 Å². The number of aromatic nitrogens is 1. The second-order valence-corrected chi connectivity index (χ2v) is 9.88. The topological polar surface area (TPSA) is 90.8 Å². The maximum atomic E-state index is 11.8. The number of pyridine rings is 1. The normalized spacial score (nSPS) is 17.4. The predicted molar refractivity (Wildman–Crippen MR) is 110 cm³/mol. The lowest BCUT2D eigenvalue weighted by Gasteiger charge is -2.30. The number of carboxylic acid groups (broad SMARTS) is 1. The molecule has 1 aromatic heterocycles. The van der Waals surface area contributed by atoms with Crippen molar-refractivity contribution >= 4 is 21.6 Å². The van der Waals surface area contributed by atoms with E-state index in [2.05, 4.69) is 16.0 Å². The van der Waals surface area contributed by atoms with Gasteiger partial charge in [-0.25, -0.2) is 13.2 Å². The van der Waals surface area contributed by atoms with Gasteiger partial charge in [-0.3, -0.25) is 4.98 Å². The van der Waals surface area contributed by atoms with E-state index in [0.717, 1.165) is 42.8 Å². The summed E-state index contributed by atoms with van der Waals surface area (Å²) in [6, 6.07) is 9.50. The van der Waals surface area contributed by atoms with Crippen LogP contribution in [0.25, 0.3) is 0 Å². The van der Waals surface area contributed by atoms with Crippen LogP contribution in [0.2, 0.25) is 0 Å². The van der Waals surface area contributed by atoms with Gasteiger partial charge >= 0.3 is 6.09 Å². The highest BCUT2D eigenvalue weighted by molar-refractivity contribution is 7.90. The molecule has 1 saturated heterocycles. The minimum atomic E-state index is -3.19. The van der Waals surface area contributed by atoms with Gasteiger partial charge in [-0.2, -0.15) is 0 Å². The molecule has 1 fully saturated rings. The number of carbonyl (C=O) groups is 1. The van der Waals surface area contributed by atoms with Crippen LogP contribution in [-0.4, -0.2) is 55.4 Å². The molecule has 0 unspecified atom stereocenters. The Bertz CT molecular complexity index is 1010. The largest absolute Gasteiger partial charge is 0.465 e. The van der Waals surface area contributed by atoms with Gasteiger partial charge in [0.1, 0.15) is 0 Å². The highest BCUT2D eigenvalue weighted by atomic mass is 32.2. The van der Waals surface area contributed by atoms with E-state index < -0.39 is 15.9 Å². The smallest absolute Gasteiger partial charge is 0.407 e. The number of hydrogen-bond donors (Lipinski definition) is 1. The number of likely N-dealkylation sites (tertiary alicyclic amines) is 1. The quantitative estimate of drug-likeness (QED) is 0.826. The van der Waals surface area contributed by atoms with E-state index in [1.807, 2.05) is 18.3 Å². The molecule has 0 radical (unpaired) electrons. The van der Waals surface area contributed by atoms with E-state index in [4.69, 9.17) is 5.11 Å². The van der Waals surface area contributed by atoms with Gasteiger partial charge in [0.25, 0.3) is 0 Å². The summed E-state index contributed by atoms with van der Waals surface area (Å²) in [6.45, 7) is 2.67. The number of benzene rings is 1. The number of nitrogens with zero attached hydrogens (tertiary/aromatic N) is 3. The summed E-state index contributed by atoms with van der Waals surface area (Å²) in [5.74, 6) is 0.356. The van der Waals surface area contributed by atoms with Crippen molar-refractivity contribution in [1.29, 1.82) is 0 Å². The van der Waals surface area contributed by atoms with Crippen molar-refractivity contribution < 1.29 is 18.3 Å². The van der Waals surface area contributed by atoms with E-state index in [-0.39, 0.29) is 0 Å². The molecule has 0 bridgehead atoms. The molecule has 29 heavy (non-hydrogen) atoms. The first-order valence-corrected chi connectivity index (χ1v) is 11.7. The Morgan fingerprint density at radius 1 is 1.17 bits per heavy atom. The number of sulfone groups is 1. The van der Waals surface area contributed by atoms with Crippen molar-refractivity contribution in [3.63, 3.8) is 0 Å². The van der Waals surface area contributed by atoms with E-state index in [9.17, 15) is 13.2 Å². The maximum absolute atomic E-state index is 11.8. The Balaban J connectivity index is 1.41. The minimum absolute atomic E-state index is 0.356. The molecular formula is C21H25N3O4S. The Morgan fingerprint density at radius 3 is 2.55 bits per heavy atom. The predicted octanol–water partition coefficient (Wildman–Crippen LogP) is 2.91. The third-order valence-corrected chi connectivity index (χ3v) is 7.02. The molecular weight excluding hydrogens is 390 g/mol. The van der Waals surface area contributed by atoms with Crippen molar-refractivity contribution in [1.82, 2.24) is 9.88 Å². The molecule has 1 aromatic carbocycles. The van der Waals surface area contributed by atoms with E-state index in [1.165, 1.54) is 16.7 Å². The molecule has 7 nitrogen and oxygen atoms in total. The van der Waals surface area contributed by atoms with Crippen molar-refractivity contribution in [2.24, 2.45) is 0 Å². The molecule has 3 heterocycles. The zero-order chi connectivity index (χ0) is 20.6. The third kappa shape index (κ3) is 4.22. The molecule has 2 aliphatic rings. The summed E-state index contributed by atoms with van der Waals surface area (Å²) in [4.78, 5) is 19.7. The van der Waals surface area contributed by atoms with Gasteiger partial charge in [0, 0.05) is 37.8 Å². The van der Waals surface area contributed by atoms with Gasteiger partial charge in [-0.1, -0.05) is 6.07 Å². The maximum Gasteiger partial charge on any atom is 0.407 e. The van der Waals surface area contributed by atoms with Crippen molar-refractivity contribution in [3.8, 4) is 0 Å². The first-order chi connectivity index (χ1) is 13.8. The average Bonchev–Trinajstić information content (AvgIpc) is 3.10. The molecule has 2 aromatic rings. The second kappa shape index (κ2) is 7.67. The summed E-state index contributed by atoms with van der Waals surface area (Å²) in [7, 11) is -3.19. The van der Waals surface area contributed by atoms with Gasteiger partial charge in [0.05, 0.1) is 17.1 Å². The van der Waals surface area contributed by atoms with Crippen LogP contribution in [0.4, 0.5) is 10.5 Å². The van der Waals surface area contributed by atoms with Gasteiger partial charge in [-0.15, -0.1) is 0 Å². The molecule has 2 aliphatic heterocycles. The summed E-state index contributed by atoms with van der Waals surface area (Å²) in [6.07, 6.45) is 4.80. The number of rotatable bonds is 4. The van der Waals surface area contributed by atoms with E-state index in [1.54, 1.807) is 12.1 Å². The van der Waals surface area contributed by atoms with Crippen LogP contribution in [0, 0.1) is 0 Å². The minimum Gasteiger partial charge on any atom is -0.465 e. The summed E-state index contributed by atoms with van der Waals surface area (Å²) in [5.41, 5.74) is 4.27. The average molecular weight is 416 g/mol. The summed E-state index contributed by atoms with van der Waals surface area (Å²) < 4.78 is 23.5. The number of piperidine rings is 1. The van der Waals surface area contributed by atoms with Crippen LogP contribution < -0.4 is 4.90 Å². The van der Waals surface area contributed by atoms with Crippen LogP contribution in [0.5, 0.6) is 0 Å². The molecule has 8 heteroatoms. The number of fused-ring (bicyclic) bond motifs is 1. The zero-order valence-electron chi connectivity index (χ0n) is 16.4. The third-order valence-electron chi connectivity index (χ3n) is 5.91. The van der Waals surface area contributed by atoms with Crippen LogP contribution in [0.3, 0.4) is 0 Å².